The molecule has 0 amide bonds. The Labute approximate surface area is 99.5 Å². The van der Waals surface area contributed by atoms with Gasteiger partial charge in [-0.25, -0.2) is 9.59 Å². The Morgan fingerprint density at radius 3 is 2.41 bits per heavy atom. The molecule has 0 saturated carbocycles. The van der Waals surface area contributed by atoms with E-state index >= 15 is 0 Å². The van der Waals surface area contributed by atoms with Gasteiger partial charge in [-0.05, 0) is 19.4 Å². The normalized spacial score (nSPS) is 18.0. The topological polar surface area (TPSA) is 87.1 Å². The molecular formula is C11H17NO5. The van der Waals surface area contributed by atoms with Gasteiger partial charge in [-0.1, -0.05) is 0 Å². The van der Waals surface area contributed by atoms with Gasteiger partial charge in [-0.2, -0.15) is 0 Å². The summed E-state index contributed by atoms with van der Waals surface area (Å²) in [5.41, 5.74) is -0.0502. The number of hydrogen-bond acceptors (Lipinski definition) is 4. The third-order valence-corrected chi connectivity index (χ3v) is 2.60. The first-order chi connectivity index (χ1) is 8.09. The van der Waals surface area contributed by atoms with E-state index in [9.17, 15) is 9.59 Å². The number of ether oxygens (including phenoxy) is 1. The molecule has 1 aliphatic rings. The monoisotopic (exact) mass is 243 g/mol. The zero-order valence-electron chi connectivity index (χ0n) is 9.59. The highest BCUT2D eigenvalue weighted by molar-refractivity contribution is 5.94. The van der Waals surface area contributed by atoms with Crippen molar-refractivity contribution < 1.29 is 24.5 Å². The Kier molecular flexibility index (Phi) is 5.65. The Morgan fingerprint density at radius 2 is 1.88 bits per heavy atom. The van der Waals surface area contributed by atoms with Gasteiger partial charge < -0.3 is 14.9 Å². The van der Waals surface area contributed by atoms with Crippen molar-refractivity contribution >= 4 is 11.9 Å². The quantitative estimate of drug-likeness (QED) is 0.648. The van der Waals surface area contributed by atoms with Crippen LogP contribution in [0, 0.1) is 0 Å². The van der Waals surface area contributed by atoms with Gasteiger partial charge in [0.05, 0.1) is 13.2 Å². The fourth-order valence-corrected chi connectivity index (χ4v) is 1.71. The molecule has 0 aromatic rings. The van der Waals surface area contributed by atoms with E-state index in [1.807, 2.05) is 0 Å². The number of aliphatic carboxylic acids is 2. The van der Waals surface area contributed by atoms with Gasteiger partial charge in [0.2, 0.25) is 0 Å². The predicted molar refractivity (Wildman–Crippen MR) is 59.8 cm³/mol. The average molecular weight is 243 g/mol. The molecular weight excluding hydrogens is 226 g/mol. The Morgan fingerprint density at radius 1 is 1.24 bits per heavy atom. The van der Waals surface area contributed by atoms with Gasteiger partial charge in [-0.15, -0.1) is 0 Å². The van der Waals surface area contributed by atoms with Crippen LogP contribution in [0.4, 0.5) is 0 Å². The summed E-state index contributed by atoms with van der Waals surface area (Å²) in [4.78, 5) is 23.3. The Bertz CT molecular complexity index is 307. The van der Waals surface area contributed by atoms with Gasteiger partial charge in [-0.3, -0.25) is 4.90 Å². The molecule has 0 aromatic heterocycles. The molecule has 1 aliphatic heterocycles. The summed E-state index contributed by atoms with van der Waals surface area (Å²) < 4.78 is 5.19. The number of carboxylic acid groups (broad SMARTS) is 2. The van der Waals surface area contributed by atoms with E-state index in [-0.39, 0.29) is 12.0 Å². The van der Waals surface area contributed by atoms with Crippen molar-refractivity contribution in [3.8, 4) is 0 Å². The summed E-state index contributed by atoms with van der Waals surface area (Å²) in [5.74, 6) is -2.37. The maximum atomic E-state index is 10.8. The van der Waals surface area contributed by atoms with Crippen LogP contribution in [-0.4, -0.2) is 59.9 Å². The molecule has 0 radical (unpaired) electrons. The molecule has 1 fully saturated rings. The third kappa shape index (κ3) is 5.46. The van der Waals surface area contributed by atoms with Crippen LogP contribution >= 0.6 is 0 Å². The molecule has 1 saturated heterocycles. The largest absolute Gasteiger partial charge is 0.478 e. The van der Waals surface area contributed by atoms with Gasteiger partial charge in [0.1, 0.15) is 0 Å². The van der Waals surface area contributed by atoms with Crippen LogP contribution in [0.15, 0.2) is 11.6 Å². The summed E-state index contributed by atoms with van der Waals surface area (Å²) >= 11 is 0. The van der Waals surface area contributed by atoms with Crippen LogP contribution in [0.5, 0.6) is 0 Å². The van der Waals surface area contributed by atoms with Crippen molar-refractivity contribution in [1.29, 1.82) is 0 Å². The van der Waals surface area contributed by atoms with Crippen LogP contribution in [0.3, 0.4) is 0 Å². The molecule has 17 heavy (non-hydrogen) atoms. The van der Waals surface area contributed by atoms with Crippen LogP contribution in [0.25, 0.3) is 0 Å². The Hall–Kier alpha value is -1.40. The molecule has 0 spiro atoms. The maximum Gasteiger partial charge on any atom is 0.331 e. The first-order valence-corrected chi connectivity index (χ1v) is 5.56. The van der Waals surface area contributed by atoms with E-state index < -0.39 is 11.9 Å². The minimum Gasteiger partial charge on any atom is -0.478 e. The van der Waals surface area contributed by atoms with Crippen LogP contribution in [0.1, 0.15) is 12.8 Å². The second kappa shape index (κ2) is 7.03. The summed E-state index contributed by atoms with van der Waals surface area (Å²) in [5, 5.41) is 17.3. The molecule has 0 aliphatic carbocycles. The first-order valence-electron chi connectivity index (χ1n) is 5.56. The zero-order valence-corrected chi connectivity index (χ0v) is 9.59. The van der Waals surface area contributed by atoms with Gasteiger partial charge >= 0.3 is 11.9 Å². The Balaban J connectivity index is 2.31. The van der Waals surface area contributed by atoms with Crippen molar-refractivity contribution in [3.63, 3.8) is 0 Å². The molecule has 0 unspecified atom stereocenters. The van der Waals surface area contributed by atoms with Gasteiger partial charge in [0.25, 0.3) is 0 Å². The summed E-state index contributed by atoms with van der Waals surface area (Å²) in [6.45, 7) is 3.89. The SMILES string of the molecule is O=C(O)/C=C(\CCCN1CCOCC1)C(=O)O. The van der Waals surface area contributed by atoms with Gasteiger partial charge in [0.15, 0.2) is 0 Å². The lowest BCUT2D eigenvalue weighted by atomic mass is 10.1. The maximum absolute atomic E-state index is 10.8. The molecule has 96 valence electrons. The van der Waals surface area contributed by atoms with E-state index in [0.717, 1.165) is 25.7 Å². The molecule has 6 heteroatoms. The standard InChI is InChI=1S/C11H17NO5/c13-10(14)8-9(11(15)16)2-1-3-12-4-6-17-7-5-12/h8H,1-7H2,(H,13,14)(H,15,16)/b9-8+. The second-order valence-electron chi connectivity index (χ2n) is 3.87. The summed E-state index contributed by atoms with van der Waals surface area (Å²) in [6.07, 6.45) is 1.69. The van der Waals surface area contributed by atoms with E-state index in [1.165, 1.54) is 0 Å². The molecule has 1 rings (SSSR count). The van der Waals surface area contributed by atoms with Crippen molar-refractivity contribution in [2.45, 2.75) is 12.8 Å². The second-order valence-corrected chi connectivity index (χ2v) is 3.87. The molecule has 6 nitrogen and oxygen atoms in total. The van der Waals surface area contributed by atoms with E-state index in [2.05, 4.69) is 4.90 Å². The average Bonchev–Trinajstić information content (AvgIpc) is 2.28. The molecule has 0 aromatic carbocycles. The number of rotatable bonds is 6. The molecule has 0 bridgehead atoms. The zero-order chi connectivity index (χ0) is 12.7. The predicted octanol–water partition coefficient (Wildman–Crippen LogP) is 0.194. The van der Waals surface area contributed by atoms with Crippen molar-refractivity contribution in [2.75, 3.05) is 32.8 Å². The highest BCUT2D eigenvalue weighted by Gasteiger charge is 2.12. The number of nitrogens with zero attached hydrogens (tertiary/aromatic N) is 1. The van der Waals surface area contributed by atoms with E-state index in [0.29, 0.717) is 19.6 Å². The number of carboxylic acids is 2. The van der Waals surface area contributed by atoms with Crippen molar-refractivity contribution in [1.82, 2.24) is 4.90 Å². The third-order valence-electron chi connectivity index (χ3n) is 2.60. The first kappa shape index (κ1) is 13.7. The fourth-order valence-electron chi connectivity index (χ4n) is 1.71. The molecule has 0 atom stereocenters. The van der Waals surface area contributed by atoms with Crippen LogP contribution in [-0.2, 0) is 14.3 Å². The van der Waals surface area contributed by atoms with Crippen molar-refractivity contribution in [3.05, 3.63) is 11.6 Å². The van der Waals surface area contributed by atoms with Crippen LogP contribution in [0.2, 0.25) is 0 Å². The summed E-state index contributed by atoms with van der Waals surface area (Å²) in [6, 6.07) is 0. The highest BCUT2D eigenvalue weighted by Crippen LogP contribution is 2.07. The lowest BCUT2D eigenvalue weighted by Crippen LogP contribution is -2.36. The van der Waals surface area contributed by atoms with Crippen LogP contribution < -0.4 is 0 Å². The molecule has 1 heterocycles. The number of carbonyl (C=O) groups is 2. The van der Waals surface area contributed by atoms with E-state index in [1.54, 1.807) is 0 Å². The lowest BCUT2D eigenvalue weighted by Gasteiger charge is -2.26. The summed E-state index contributed by atoms with van der Waals surface area (Å²) in [7, 11) is 0. The molecule has 2 N–H and O–H groups in total. The fraction of sp³-hybridized carbons (Fsp3) is 0.636. The smallest absolute Gasteiger partial charge is 0.331 e. The number of morpholine rings is 1. The van der Waals surface area contributed by atoms with Gasteiger partial charge in [0, 0.05) is 24.7 Å². The van der Waals surface area contributed by atoms with Crippen molar-refractivity contribution in [2.24, 2.45) is 0 Å². The minimum atomic E-state index is -1.21. The highest BCUT2D eigenvalue weighted by atomic mass is 16.5. The number of hydrogen-bond donors (Lipinski definition) is 2. The lowest BCUT2D eigenvalue weighted by molar-refractivity contribution is -0.135. The minimum absolute atomic E-state index is 0.0502. The van der Waals surface area contributed by atoms with E-state index in [4.69, 9.17) is 14.9 Å².